The third kappa shape index (κ3) is 5.33. The van der Waals surface area contributed by atoms with Gasteiger partial charge in [0.1, 0.15) is 24.0 Å². The molecule has 0 radical (unpaired) electrons. The van der Waals surface area contributed by atoms with Crippen molar-refractivity contribution in [1.82, 2.24) is 14.5 Å². The molecule has 2 aliphatic rings. The number of hydrogen-bond acceptors (Lipinski definition) is 4. The van der Waals surface area contributed by atoms with Crippen LogP contribution in [0.25, 0.3) is 11.0 Å². The number of halogens is 1. The van der Waals surface area contributed by atoms with Gasteiger partial charge in [0.25, 0.3) is 0 Å². The van der Waals surface area contributed by atoms with E-state index in [1.54, 1.807) is 6.07 Å². The molecule has 3 heterocycles. The van der Waals surface area contributed by atoms with Gasteiger partial charge in [-0.25, -0.2) is 9.37 Å². The van der Waals surface area contributed by atoms with Gasteiger partial charge in [0, 0.05) is 12.2 Å². The second-order valence-corrected chi connectivity index (χ2v) is 10.9. The summed E-state index contributed by atoms with van der Waals surface area (Å²) in [6.45, 7) is 8.87. The smallest absolute Gasteiger partial charge is 0.130 e. The number of ether oxygens (including phenoxy) is 2. The number of aryl methyl sites for hydroxylation is 2. The molecule has 38 heavy (non-hydrogen) atoms. The van der Waals surface area contributed by atoms with Crippen molar-refractivity contribution in [3.05, 3.63) is 94.6 Å². The zero-order valence-corrected chi connectivity index (χ0v) is 22.3. The predicted molar refractivity (Wildman–Crippen MR) is 148 cm³/mol. The summed E-state index contributed by atoms with van der Waals surface area (Å²) in [6.07, 6.45) is 3.53. The second-order valence-electron chi connectivity index (χ2n) is 10.9. The number of hydrogen-bond donors (Lipinski definition) is 0. The van der Waals surface area contributed by atoms with Crippen molar-refractivity contribution in [2.45, 2.75) is 64.8 Å². The van der Waals surface area contributed by atoms with E-state index in [9.17, 15) is 4.39 Å². The first-order valence-corrected chi connectivity index (χ1v) is 13.8. The quantitative estimate of drug-likeness (QED) is 0.268. The first-order valence-electron chi connectivity index (χ1n) is 13.8. The first kappa shape index (κ1) is 25.1. The Balaban J connectivity index is 1.12. The number of imidazole rings is 1. The second kappa shape index (κ2) is 10.9. The van der Waals surface area contributed by atoms with E-state index in [0.717, 1.165) is 74.7 Å². The van der Waals surface area contributed by atoms with Crippen LogP contribution in [0.5, 0.6) is 5.75 Å². The van der Waals surface area contributed by atoms with Crippen molar-refractivity contribution < 1.29 is 13.9 Å². The van der Waals surface area contributed by atoms with Gasteiger partial charge in [0.15, 0.2) is 0 Å². The Morgan fingerprint density at radius 1 is 0.974 bits per heavy atom. The Hall–Kier alpha value is -3.22. The molecule has 6 rings (SSSR count). The molecule has 0 unspecified atom stereocenters. The van der Waals surface area contributed by atoms with Gasteiger partial charge >= 0.3 is 0 Å². The molecule has 4 aromatic rings. The Morgan fingerprint density at radius 3 is 2.50 bits per heavy atom. The number of rotatable bonds is 8. The molecule has 0 saturated carbocycles. The third-order valence-corrected chi connectivity index (χ3v) is 8.07. The lowest BCUT2D eigenvalue weighted by Crippen LogP contribution is -2.35. The van der Waals surface area contributed by atoms with Gasteiger partial charge in [-0.2, -0.15) is 0 Å². The number of nitrogens with zero attached hydrogens (tertiary/aromatic N) is 3. The SMILES string of the molecule is Cc1ccc(COc2ccccc2C2CCN(Cc3nc4ccc(C)cc4n3C[C@@H]3CCO3)CC2)c(F)c1. The van der Waals surface area contributed by atoms with Crippen molar-refractivity contribution in [3.8, 4) is 5.75 Å². The van der Waals surface area contributed by atoms with E-state index in [1.165, 1.54) is 16.6 Å². The molecule has 6 heteroatoms. The monoisotopic (exact) mass is 513 g/mol. The molecular formula is C32H36FN3O2. The molecule has 1 aromatic heterocycles. The summed E-state index contributed by atoms with van der Waals surface area (Å²) < 4.78 is 28.6. The van der Waals surface area contributed by atoms with E-state index in [-0.39, 0.29) is 12.4 Å². The van der Waals surface area contributed by atoms with Gasteiger partial charge in [-0.05, 0) is 93.1 Å². The Kier molecular flexibility index (Phi) is 7.18. The maximum atomic E-state index is 14.3. The minimum absolute atomic E-state index is 0.208. The van der Waals surface area contributed by atoms with E-state index in [0.29, 0.717) is 17.6 Å². The van der Waals surface area contributed by atoms with Crippen LogP contribution >= 0.6 is 0 Å². The Morgan fingerprint density at radius 2 is 1.74 bits per heavy atom. The maximum absolute atomic E-state index is 14.3. The molecule has 0 spiro atoms. The van der Waals surface area contributed by atoms with Crippen LogP contribution in [0.3, 0.4) is 0 Å². The van der Waals surface area contributed by atoms with Crippen LogP contribution < -0.4 is 4.74 Å². The Labute approximate surface area is 224 Å². The number of fused-ring (bicyclic) bond motifs is 1. The molecule has 2 aliphatic heterocycles. The lowest BCUT2D eigenvalue weighted by Gasteiger charge is -2.33. The molecule has 3 aromatic carbocycles. The largest absolute Gasteiger partial charge is 0.489 e. The fraction of sp³-hybridized carbons (Fsp3) is 0.406. The fourth-order valence-electron chi connectivity index (χ4n) is 5.72. The van der Waals surface area contributed by atoms with Gasteiger partial charge in [-0.1, -0.05) is 36.4 Å². The summed E-state index contributed by atoms with van der Waals surface area (Å²) in [5.41, 5.74) is 6.26. The number of likely N-dealkylation sites (tertiary alicyclic amines) is 1. The van der Waals surface area contributed by atoms with Crippen molar-refractivity contribution in [2.75, 3.05) is 19.7 Å². The molecule has 1 atom stereocenters. The number of piperidine rings is 1. The minimum Gasteiger partial charge on any atom is -0.489 e. The van der Waals surface area contributed by atoms with Crippen molar-refractivity contribution in [3.63, 3.8) is 0 Å². The molecular weight excluding hydrogens is 477 g/mol. The molecule has 0 aliphatic carbocycles. The van der Waals surface area contributed by atoms with Crippen LogP contribution in [-0.4, -0.2) is 40.3 Å². The van der Waals surface area contributed by atoms with E-state index in [1.807, 2.05) is 31.2 Å². The van der Waals surface area contributed by atoms with E-state index in [4.69, 9.17) is 14.5 Å². The normalized spacial score (nSPS) is 18.6. The molecule has 0 bridgehead atoms. The zero-order valence-electron chi connectivity index (χ0n) is 22.3. The van der Waals surface area contributed by atoms with Gasteiger partial charge in [0.05, 0.1) is 30.2 Å². The highest BCUT2D eigenvalue weighted by Crippen LogP contribution is 2.35. The van der Waals surface area contributed by atoms with Crippen LogP contribution in [0.15, 0.2) is 60.7 Å². The van der Waals surface area contributed by atoms with E-state index in [2.05, 4.69) is 46.7 Å². The molecule has 198 valence electrons. The fourth-order valence-corrected chi connectivity index (χ4v) is 5.72. The van der Waals surface area contributed by atoms with Crippen LogP contribution in [0.1, 0.15) is 53.3 Å². The number of benzene rings is 3. The summed E-state index contributed by atoms with van der Waals surface area (Å²) in [5.74, 6) is 2.21. The lowest BCUT2D eigenvalue weighted by atomic mass is 9.89. The van der Waals surface area contributed by atoms with E-state index >= 15 is 0 Å². The van der Waals surface area contributed by atoms with Crippen LogP contribution in [0.4, 0.5) is 4.39 Å². The lowest BCUT2D eigenvalue weighted by molar-refractivity contribution is -0.0592. The molecule has 0 N–H and O–H groups in total. The molecule has 2 fully saturated rings. The highest BCUT2D eigenvalue weighted by atomic mass is 19.1. The summed E-state index contributed by atoms with van der Waals surface area (Å²) in [4.78, 5) is 7.55. The summed E-state index contributed by atoms with van der Waals surface area (Å²) in [6, 6.07) is 20.1. The van der Waals surface area contributed by atoms with Crippen molar-refractivity contribution in [2.24, 2.45) is 0 Å². The summed E-state index contributed by atoms with van der Waals surface area (Å²) >= 11 is 0. The third-order valence-electron chi connectivity index (χ3n) is 8.07. The molecule has 5 nitrogen and oxygen atoms in total. The summed E-state index contributed by atoms with van der Waals surface area (Å²) in [7, 11) is 0. The van der Waals surface area contributed by atoms with Crippen LogP contribution in [0.2, 0.25) is 0 Å². The first-order chi connectivity index (χ1) is 18.5. The highest BCUT2D eigenvalue weighted by Gasteiger charge is 2.26. The average Bonchev–Trinajstić information content (AvgIpc) is 3.22. The summed E-state index contributed by atoms with van der Waals surface area (Å²) in [5, 5.41) is 0. The van der Waals surface area contributed by atoms with E-state index < -0.39 is 0 Å². The van der Waals surface area contributed by atoms with Gasteiger partial charge in [-0.15, -0.1) is 0 Å². The van der Waals surface area contributed by atoms with Crippen molar-refractivity contribution in [1.29, 1.82) is 0 Å². The van der Waals surface area contributed by atoms with Crippen LogP contribution in [-0.2, 0) is 24.4 Å². The van der Waals surface area contributed by atoms with Crippen molar-refractivity contribution >= 4 is 11.0 Å². The average molecular weight is 514 g/mol. The molecule has 2 saturated heterocycles. The highest BCUT2D eigenvalue weighted by molar-refractivity contribution is 5.77. The number of para-hydroxylation sites is 1. The molecule has 0 amide bonds. The van der Waals surface area contributed by atoms with Gasteiger partial charge in [-0.3, -0.25) is 4.90 Å². The topological polar surface area (TPSA) is 39.5 Å². The van der Waals surface area contributed by atoms with Crippen LogP contribution in [0, 0.1) is 19.7 Å². The van der Waals surface area contributed by atoms with Gasteiger partial charge < -0.3 is 14.0 Å². The Bertz CT molecular complexity index is 1420. The zero-order chi connectivity index (χ0) is 26.1. The maximum Gasteiger partial charge on any atom is 0.130 e. The number of aromatic nitrogens is 2. The standard InChI is InChI=1S/C32H36FN3O2/c1-22-7-9-25(28(33)17-22)21-38-31-6-4-3-5-27(31)24-11-14-35(15-12-24)20-32-34-29-10-8-23(2)18-30(29)36(32)19-26-13-16-37-26/h3-10,17-18,24,26H,11-16,19-21H2,1-2H3/t26-/m0/s1. The minimum atomic E-state index is -0.208. The predicted octanol–water partition coefficient (Wildman–Crippen LogP) is 6.54. The van der Waals surface area contributed by atoms with Gasteiger partial charge in [0.2, 0.25) is 0 Å².